The molecule has 0 amide bonds. The minimum atomic E-state index is -0.534. The quantitative estimate of drug-likeness (QED) is 0.795. The normalized spacial score (nSPS) is 10.4. The van der Waals surface area contributed by atoms with E-state index in [2.05, 4.69) is 4.98 Å². The molecule has 2 rings (SSSR count). The summed E-state index contributed by atoms with van der Waals surface area (Å²) < 4.78 is 14.7. The molecule has 0 bridgehead atoms. The number of aromatic amines is 1. The van der Waals surface area contributed by atoms with Crippen molar-refractivity contribution in [3.8, 4) is 0 Å². The first-order chi connectivity index (χ1) is 8.97. The molecule has 5 nitrogen and oxygen atoms in total. The minimum Gasteiger partial charge on any atom is -0.389 e. The summed E-state index contributed by atoms with van der Waals surface area (Å²) in [6.07, 6.45) is 1.37. The molecule has 0 fully saturated rings. The summed E-state index contributed by atoms with van der Waals surface area (Å²) in [5, 5.41) is 0. The van der Waals surface area contributed by atoms with Crippen LogP contribution in [0.2, 0.25) is 0 Å². The van der Waals surface area contributed by atoms with Gasteiger partial charge in [-0.05, 0) is 17.7 Å². The van der Waals surface area contributed by atoms with Gasteiger partial charge in [0.2, 0.25) is 0 Å². The summed E-state index contributed by atoms with van der Waals surface area (Å²) in [5.74, 6) is -0.509. The summed E-state index contributed by atoms with van der Waals surface area (Å²) in [7, 11) is 0. The Bertz CT molecular complexity index is 751. The number of hydrogen-bond donors (Lipinski definition) is 2. The second-order valence-corrected chi connectivity index (χ2v) is 4.36. The maximum atomic E-state index is 13.4. The number of nitrogens with one attached hydrogen (secondary N) is 1. The van der Waals surface area contributed by atoms with E-state index in [-0.39, 0.29) is 17.1 Å². The third-order valence-electron chi connectivity index (χ3n) is 2.55. The van der Waals surface area contributed by atoms with Gasteiger partial charge in [-0.3, -0.25) is 14.3 Å². The zero-order valence-corrected chi connectivity index (χ0v) is 10.5. The number of H-pyrrole nitrogens is 1. The number of halogens is 1. The first-order valence-electron chi connectivity index (χ1n) is 5.35. The van der Waals surface area contributed by atoms with Gasteiger partial charge in [0.05, 0.1) is 6.54 Å². The summed E-state index contributed by atoms with van der Waals surface area (Å²) in [6.45, 7) is 0.186. The van der Waals surface area contributed by atoms with Crippen LogP contribution in [0.25, 0.3) is 0 Å². The molecule has 0 spiro atoms. The predicted molar refractivity (Wildman–Crippen MR) is 72.7 cm³/mol. The topological polar surface area (TPSA) is 80.9 Å². The van der Waals surface area contributed by atoms with E-state index < -0.39 is 17.1 Å². The van der Waals surface area contributed by atoms with Gasteiger partial charge < -0.3 is 5.73 Å². The largest absolute Gasteiger partial charge is 0.389 e. The van der Waals surface area contributed by atoms with Crippen LogP contribution in [-0.2, 0) is 6.54 Å². The Morgan fingerprint density at radius 2 is 2.11 bits per heavy atom. The Morgan fingerprint density at radius 3 is 2.74 bits per heavy atom. The lowest BCUT2D eigenvalue weighted by molar-refractivity contribution is 0.623. The fraction of sp³-hybridized carbons (Fsp3) is 0.0833. The highest BCUT2D eigenvalue weighted by atomic mass is 32.1. The van der Waals surface area contributed by atoms with Gasteiger partial charge in [-0.2, -0.15) is 0 Å². The van der Waals surface area contributed by atoms with Crippen molar-refractivity contribution in [3.05, 3.63) is 68.2 Å². The van der Waals surface area contributed by atoms with E-state index in [9.17, 15) is 14.0 Å². The second-order valence-electron chi connectivity index (χ2n) is 3.92. The van der Waals surface area contributed by atoms with Crippen LogP contribution >= 0.6 is 12.2 Å². The maximum Gasteiger partial charge on any atom is 0.328 e. The molecule has 0 radical (unpaired) electrons. The van der Waals surface area contributed by atoms with Gasteiger partial charge in [-0.1, -0.05) is 18.3 Å². The van der Waals surface area contributed by atoms with Crippen molar-refractivity contribution < 1.29 is 4.39 Å². The molecule has 1 heterocycles. The molecule has 7 heteroatoms. The van der Waals surface area contributed by atoms with Crippen LogP contribution in [0.1, 0.15) is 11.1 Å². The van der Waals surface area contributed by atoms with Crippen molar-refractivity contribution in [2.45, 2.75) is 6.54 Å². The van der Waals surface area contributed by atoms with Crippen LogP contribution in [0.15, 0.2) is 40.1 Å². The maximum absolute atomic E-state index is 13.4. The molecule has 0 saturated heterocycles. The number of hydrogen-bond acceptors (Lipinski definition) is 3. The Kier molecular flexibility index (Phi) is 3.57. The monoisotopic (exact) mass is 279 g/mol. The van der Waals surface area contributed by atoms with Gasteiger partial charge in [0.15, 0.2) is 0 Å². The van der Waals surface area contributed by atoms with Crippen LogP contribution < -0.4 is 17.0 Å². The zero-order valence-electron chi connectivity index (χ0n) is 9.72. The van der Waals surface area contributed by atoms with Crippen LogP contribution in [0.3, 0.4) is 0 Å². The number of aromatic nitrogens is 2. The molecule has 2 aromatic rings. The van der Waals surface area contributed by atoms with Gasteiger partial charge in [0, 0.05) is 17.8 Å². The van der Waals surface area contributed by atoms with Gasteiger partial charge in [-0.15, -0.1) is 0 Å². The molecular formula is C12H10FN3O2S. The average Bonchev–Trinajstić information content (AvgIpc) is 2.34. The third-order valence-corrected chi connectivity index (χ3v) is 2.77. The molecule has 0 unspecified atom stereocenters. The molecule has 98 valence electrons. The smallest absolute Gasteiger partial charge is 0.328 e. The Labute approximate surface area is 112 Å². The van der Waals surface area contributed by atoms with Gasteiger partial charge in [0.25, 0.3) is 5.56 Å². The van der Waals surface area contributed by atoms with E-state index in [4.69, 9.17) is 18.0 Å². The van der Waals surface area contributed by atoms with Crippen molar-refractivity contribution in [1.29, 1.82) is 0 Å². The number of nitrogens with two attached hydrogens (primary N) is 1. The van der Waals surface area contributed by atoms with Gasteiger partial charge in [0.1, 0.15) is 10.8 Å². The molecule has 0 aliphatic rings. The third kappa shape index (κ3) is 2.94. The molecule has 3 N–H and O–H groups in total. The van der Waals surface area contributed by atoms with Crippen LogP contribution in [-0.4, -0.2) is 14.5 Å². The predicted octanol–water partition coefficient (Wildman–Crippen LogP) is 0.358. The van der Waals surface area contributed by atoms with Gasteiger partial charge in [-0.25, -0.2) is 9.18 Å². The summed E-state index contributed by atoms with van der Waals surface area (Å²) >= 11 is 4.74. The van der Waals surface area contributed by atoms with Crippen molar-refractivity contribution in [2.75, 3.05) is 0 Å². The molecule has 0 saturated carbocycles. The zero-order chi connectivity index (χ0) is 14.0. The van der Waals surface area contributed by atoms with E-state index in [0.29, 0.717) is 5.56 Å². The van der Waals surface area contributed by atoms with Crippen molar-refractivity contribution in [3.63, 3.8) is 0 Å². The number of benzene rings is 1. The first-order valence-corrected chi connectivity index (χ1v) is 5.76. The minimum absolute atomic E-state index is 0.0480. The number of nitrogens with zero attached hydrogens (tertiary/aromatic N) is 1. The molecular weight excluding hydrogens is 269 g/mol. The highest BCUT2D eigenvalue weighted by molar-refractivity contribution is 7.80. The average molecular weight is 279 g/mol. The Morgan fingerprint density at radius 1 is 1.37 bits per heavy atom. The van der Waals surface area contributed by atoms with Crippen LogP contribution in [0, 0.1) is 5.82 Å². The lowest BCUT2D eigenvalue weighted by Gasteiger charge is -2.07. The van der Waals surface area contributed by atoms with Crippen molar-refractivity contribution >= 4 is 17.2 Å². The lowest BCUT2D eigenvalue weighted by atomic mass is 10.1. The fourth-order valence-corrected chi connectivity index (χ4v) is 1.78. The SMILES string of the molecule is NC(=S)c1cc(Cn2ccc(=O)[nH]c2=O)ccc1F. The van der Waals surface area contributed by atoms with E-state index in [0.717, 1.165) is 0 Å². The first kappa shape index (κ1) is 13.2. The summed E-state index contributed by atoms with van der Waals surface area (Å²) in [5.41, 5.74) is 5.18. The van der Waals surface area contributed by atoms with Crippen molar-refractivity contribution in [1.82, 2.24) is 9.55 Å². The molecule has 19 heavy (non-hydrogen) atoms. The Hall–Kier alpha value is -2.28. The molecule has 0 aliphatic heterocycles. The highest BCUT2D eigenvalue weighted by Gasteiger charge is 2.07. The fourth-order valence-electron chi connectivity index (χ4n) is 1.63. The molecule has 0 aliphatic carbocycles. The van der Waals surface area contributed by atoms with E-state index in [1.807, 2.05) is 0 Å². The van der Waals surface area contributed by atoms with E-state index >= 15 is 0 Å². The molecule has 1 aromatic heterocycles. The van der Waals surface area contributed by atoms with Crippen LogP contribution in [0.5, 0.6) is 0 Å². The molecule has 0 atom stereocenters. The summed E-state index contributed by atoms with van der Waals surface area (Å²) in [4.78, 5) is 24.5. The van der Waals surface area contributed by atoms with Crippen molar-refractivity contribution in [2.24, 2.45) is 5.73 Å². The van der Waals surface area contributed by atoms with Gasteiger partial charge >= 0.3 is 5.69 Å². The second kappa shape index (κ2) is 5.15. The number of rotatable bonds is 3. The highest BCUT2D eigenvalue weighted by Crippen LogP contribution is 2.11. The molecule has 1 aromatic carbocycles. The van der Waals surface area contributed by atoms with Crippen LogP contribution in [0.4, 0.5) is 4.39 Å². The van der Waals surface area contributed by atoms with E-state index in [1.54, 1.807) is 0 Å². The van der Waals surface area contributed by atoms with E-state index in [1.165, 1.54) is 35.0 Å². The lowest BCUT2D eigenvalue weighted by Crippen LogP contribution is -2.29. The number of thiocarbonyl (C=S) groups is 1. The summed E-state index contributed by atoms with van der Waals surface area (Å²) in [6, 6.07) is 5.48. The standard InChI is InChI=1S/C12H10FN3O2S/c13-9-2-1-7(5-8(9)11(14)19)6-16-4-3-10(17)15-12(16)18/h1-5H,6H2,(H2,14,19)(H,15,17,18). The Balaban J connectivity index is 2.39.